The standard InChI is InChI=1S/C17H22N2.C4H4O4/c1-3-12-8-15-13-5-4-6-16-17(13)11(9-18-16)7-14(15)10(2)19-12;5-3(6)1-2-4(7)8/h6,8,10-11,18-19H,3-5,7,9H2,1-2H3;1-2H,(H,5,6)(H,7,8)/b;2-1-. The molecule has 2 atom stereocenters. The molecule has 1 fully saturated rings. The maximum atomic E-state index is 9.55. The van der Waals surface area contributed by atoms with Crippen LogP contribution in [0.3, 0.4) is 0 Å². The Kier molecular flexibility index (Phi) is 5.54. The van der Waals surface area contributed by atoms with Crippen LogP contribution in [0, 0.1) is 5.92 Å². The van der Waals surface area contributed by atoms with Crippen LogP contribution in [0.1, 0.15) is 39.5 Å². The zero-order chi connectivity index (χ0) is 19.6. The minimum Gasteiger partial charge on any atom is -0.478 e. The van der Waals surface area contributed by atoms with Crippen LogP contribution in [0.4, 0.5) is 0 Å². The minimum atomic E-state index is -1.26. The van der Waals surface area contributed by atoms with Crippen molar-refractivity contribution in [2.24, 2.45) is 5.92 Å². The molecular formula is C21H26N2O4. The monoisotopic (exact) mass is 370 g/mol. The summed E-state index contributed by atoms with van der Waals surface area (Å²) in [5.74, 6) is -1.79. The van der Waals surface area contributed by atoms with E-state index in [1.807, 2.05) is 0 Å². The largest absolute Gasteiger partial charge is 0.478 e. The van der Waals surface area contributed by atoms with Crippen molar-refractivity contribution in [3.63, 3.8) is 0 Å². The number of allylic oxidation sites excluding steroid dienone is 6. The molecule has 0 radical (unpaired) electrons. The fourth-order valence-corrected chi connectivity index (χ4v) is 4.28. The Morgan fingerprint density at radius 1 is 1.26 bits per heavy atom. The average molecular weight is 370 g/mol. The van der Waals surface area contributed by atoms with E-state index in [4.69, 9.17) is 10.2 Å². The van der Waals surface area contributed by atoms with Crippen LogP contribution < -0.4 is 10.6 Å². The molecule has 0 amide bonds. The normalized spacial score (nSPS) is 25.4. The Morgan fingerprint density at radius 3 is 2.59 bits per heavy atom. The number of hydrogen-bond donors (Lipinski definition) is 4. The first-order valence-corrected chi connectivity index (χ1v) is 9.42. The molecule has 0 aromatic carbocycles. The molecule has 4 rings (SSSR count). The van der Waals surface area contributed by atoms with Gasteiger partial charge in [0, 0.05) is 42.1 Å². The Balaban J connectivity index is 0.000000226. The van der Waals surface area contributed by atoms with Crippen molar-refractivity contribution in [2.45, 2.75) is 45.6 Å². The summed E-state index contributed by atoms with van der Waals surface area (Å²) in [4.78, 5) is 19.1. The van der Waals surface area contributed by atoms with Crippen LogP contribution in [0.2, 0.25) is 0 Å². The van der Waals surface area contributed by atoms with E-state index in [1.165, 1.54) is 30.7 Å². The van der Waals surface area contributed by atoms with Crippen molar-refractivity contribution in [3.05, 3.63) is 58.0 Å². The molecule has 144 valence electrons. The molecule has 4 aliphatic rings. The number of nitrogens with one attached hydrogen (secondary N) is 2. The van der Waals surface area contributed by atoms with Gasteiger partial charge in [-0.15, -0.1) is 0 Å². The van der Waals surface area contributed by atoms with Crippen LogP contribution in [0.25, 0.3) is 0 Å². The fraction of sp³-hybridized carbons (Fsp3) is 0.429. The average Bonchev–Trinajstić information content (AvgIpc) is 3.06. The smallest absolute Gasteiger partial charge is 0.328 e. The molecule has 0 saturated carbocycles. The Hall–Kier alpha value is -2.76. The van der Waals surface area contributed by atoms with E-state index in [0.717, 1.165) is 18.9 Å². The molecule has 2 unspecified atom stereocenters. The molecule has 0 aromatic rings. The molecule has 2 heterocycles. The lowest BCUT2D eigenvalue weighted by Gasteiger charge is -2.36. The van der Waals surface area contributed by atoms with Gasteiger partial charge in [0.2, 0.25) is 0 Å². The SMILES string of the molecule is CCC1=CC2=C(CC3CNC4=CCCC2=C43)C(C)N1.O=C(O)/C=C\C(=O)O. The van der Waals surface area contributed by atoms with Gasteiger partial charge in [-0.3, -0.25) is 0 Å². The summed E-state index contributed by atoms with van der Waals surface area (Å²) in [6.45, 7) is 5.70. The molecule has 6 nitrogen and oxygen atoms in total. The van der Waals surface area contributed by atoms with Gasteiger partial charge in [0.15, 0.2) is 0 Å². The summed E-state index contributed by atoms with van der Waals surface area (Å²) in [6, 6.07) is 0.513. The lowest BCUT2D eigenvalue weighted by molar-refractivity contribution is -0.134. The summed E-state index contributed by atoms with van der Waals surface area (Å²) in [6.07, 6.45) is 10.7. The molecule has 27 heavy (non-hydrogen) atoms. The van der Waals surface area contributed by atoms with Crippen molar-refractivity contribution in [2.75, 3.05) is 6.54 Å². The van der Waals surface area contributed by atoms with Crippen molar-refractivity contribution < 1.29 is 19.8 Å². The van der Waals surface area contributed by atoms with Crippen molar-refractivity contribution in [3.8, 4) is 0 Å². The fourth-order valence-electron chi connectivity index (χ4n) is 4.28. The number of carboxylic acid groups (broad SMARTS) is 2. The molecule has 2 aliphatic carbocycles. The third-order valence-corrected chi connectivity index (χ3v) is 5.44. The Morgan fingerprint density at radius 2 is 1.96 bits per heavy atom. The predicted octanol–water partition coefficient (Wildman–Crippen LogP) is 2.88. The van der Waals surface area contributed by atoms with Gasteiger partial charge in [0.25, 0.3) is 0 Å². The topological polar surface area (TPSA) is 98.7 Å². The van der Waals surface area contributed by atoms with E-state index in [2.05, 4.69) is 36.6 Å². The van der Waals surface area contributed by atoms with Gasteiger partial charge < -0.3 is 20.8 Å². The Labute approximate surface area is 159 Å². The second-order valence-electron chi connectivity index (χ2n) is 7.17. The predicted molar refractivity (Wildman–Crippen MR) is 103 cm³/mol. The van der Waals surface area contributed by atoms with Gasteiger partial charge in [-0.25, -0.2) is 9.59 Å². The molecule has 1 saturated heterocycles. The van der Waals surface area contributed by atoms with E-state index in [0.29, 0.717) is 18.2 Å². The third kappa shape index (κ3) is 3.99. The van der Waals surface area contributed by atoms with Crippen molar-refractivity contribution in [1.82, 2.24) is 10.6 Å². The van der Waals surface area contributed by atoms with E-state index < -0.39 is 11.9 Å². The molecule has 0 aromatic heterocycles. The number of carbonyl (C=O) groups is 2. The first kappa shape index (κ1) is 19.0. The molecule has 4 N–H and O–H groups in total. The molecule has 2 aliphatic heterocycles. The highest BCUT2D eigenvalue weighted by atomic mass is 16.4. The maximum absolute atomic E-state index is 9.55. The quantitative estimate of drug-likeness (QED) is 0.570. The van der Waals surface area contributed by atoms with E-state index in [-0.39, 0.29) is 0 Å². The van der Waals surface area contributed by atoms with E-state index in [1.54, 1.807) is 22.3 Å². The van der Waals surface area contributed by atoms with E-state index >= 15 is 0 Å². The second kappa shape index (κ2) is 7.86. The minimum absolute atomic E-state index is 0.513. The van der Waals surface area contributed by atoms with Crippen LogP contribution in [0.15, 0.2) is 58.0 Å². The highest BCUT2D eigenvalue weighted by molar-refractivity contribution is 5.89. The van der Waals surface area contributed by atoms with Gasteiger partial charge >= 0.3 is 11.9 Å². The second-order valence-corrected chi connectivity index (χ2v) is 7.17. The van der Waals surface area contributed by atoms with Gasteiger partial charge in [-0.2, -0.15) is 0 Å². The van der Waals surface area contributed by atoms with Gasteiger partial charge in [0.1, 0.15) is 0 Å². The van der Waals surface area contributed by atoms with Gasteiger partial charge in [0.05, 0.1) is 0 Å². The number of aliphatic carboxylic acids is 2. The Bertz CT molecular complexity index is 798. The highest BCUT2D eigenvalue weighted by Crippen LogP contribution is 2.47. The first-order chi connectivity index (χ1) is 12.9. The first-order valence-electron chi connectivity index (χ1n) is 9.42. The zero-order valence-electron chi connectivity index (χ0n) is 15.7. The summed E-state index contributed by atoms with van der Waals surface area (Å²) < 4.78 is 0. The van der Waals surface area contributed by atoms with Crippen molar-refractivity contribution in [1.29, 1.82) is 0 Å². The molecule has 6 heteroatoms. The summed E-state index contributed by atoms with van der Waals surface area (Å²) >= 11 is 0. The van der Waals surface area contributed by atoms with Crippen LogP contribution in [0.5, 0.6) is 0 Å². The highest BCUT2D eigenvalue weighted by Gasteiger charge is 2.37. The number of rotatable bonds is 3. The third-order valence-electron chi connectivity index (χ3n) is 5.44. The summed E-state index contributed by atoms with van der Waals surface area (Å²) in [5, 5.41) is 22.9. The summed E-state index contributed by atoms with van der Waals surface area (Å²) in [5.41, 5.74) is 9.35. The molecule has 0 bridgehead atoms. The lowest BCUT2D eigenvalue weighted by atomic mass is 9.73. The number of carboxylic acids is 2. The van der Waals surface area contributed by atoms with Crippen LogP contribution in [-0.4, -0.2) is 34.7 Å². The number of hydrogen-bond acceptors (Lipinski definition) is 4. The number of fused-ring (bicyclic) bond motifs is 1. The van der Waals surface area contributed by atoms with E-state index in [9.17, 15) is 9.59 Å². The summed E-state index contributed by atoms with van der Waals surface area (Å²) in [7, 11) is 0. The lowest BCUT2D eigenvalue weighted by Crippen LogP contribution is -2.34. The number of dihydropyridines is 1. The molecular weight excluding hydrogens is 344 g/mol. The molecule has 0 spiro atoms. The zero-order valence-corrected chi connectivity index (χ0v) is 15.7. The van der Waals surface area contributed by atoms with Crippen LogP contribution in [-0.2, 0) is 9.59 Å². The maximum Gasteiger partial charge on any atom is 0.328 e. The van der Waals surface area contributed by atoms with Gasteiger partial charge in [-0.1, -0.05) is 13.0 Å². The van der Waals surface area contributed by atoms with Crippen molar-refractivity contribution >= 4 is 11.9 Å². The van der Waals surface area contributed by atoms with Gasteiger partial charge in [-0.05, 0) is 61.0 Å². The van der Waals surface area contributed by atoms with Crippen LogP contribution >= 0.6 is 0 Å².